The first kappa shape index (κ1) is 7.02. The van der Waals surface area contributed by atoms with E-state index in [2.05, 4.69) is 11.8 Å². The van der Waals surface area contributed by atoms with Gasteiger partial charge in [-0.2, -0.15) is 11.8 Å². The molecule has 0 bridgehead atoms. The molecule has 0 radical (unpaired) electrons. The quantitative estimate of drug-likeness (QED) is 0.519. The summed E-state index contributed by atoms with van der Waals surface area (Å²) in [4.78, 5) is 0. The zero-order chi connectivity index (χ0) is 6.81. The smallest absolute Gasteiger partial charge is 0.00365 e. The number of rotatable bonds is 0. The molecule has 1 aliphatic heterocycles. The van der Waals surface area contributed by atoms with Crippen LogP contribution in [0.4, 0.5) is 0 Å². The van der Waals surface area contributed by atoms with Crippen molar-refractivity contribution in [3.8, 4) is 0 Å². The van der Waals surface area contributed by atoms with Gasteiger partial charge in [-0.15, -0.1) is 0 Å². The van der Waals surface area contributed by atoms with E-state index in [0.717, 1.165) is 11.8 Å². The van der Waals surface area contributed by atoms with E-state index in [1.54, 1.807) is 6.42 Å². The summed E-state index contributed by atoms with van der Waals surface area (Å²) in [5.41, 5.74) is 0. The molecule has 1 heteroatoms. The lowest BCUT2D eigenvalue weighted by Gasteiger charge is -2.34. The van der Waals surface area contributed by atoms with Crippen molar-refractivity contribution in [2.45, 2.75) is 32.1 Å². The number of fused-ring (bicyclic) bond motifs is 1. The van der Waals surface area contributed by atoms with E-state index in [0.29, 0.717) is 0 Å². The zero-order valence-corrected chi connectivity index (χ0v) is 7.33. The summed E-state index contributed by atoms with van der Waals surface area (Å²) in [6.45, 7) is 0. The van der Waals surface area contributed by atoms with Gasteiger partial charge in [-0.05, 0) is 36.2 Å². The molecule has 2 fully saturated rings. The fraction of sp³-hybridized carbons (Fsp3) is 1.00. The number of thioether (sulfide) groups is 1. The maximum Gasteiger partial charge on any atom is -0.00365 e. The molecule has 0 amide bonds. The Balaban J connectivity index is 1.93. The van der Waals surface area contributed by atoms with Gasteiger partial charge in [-0.1, -0.05) is 19.3 Å². The van der Waals surface area contributed by atoms with Gasteiger partial charge in [0, 0.05) is 0 Å². The van der Waals surface area contributed by atoms with Crippen LogP contribution in [0.5, 0.6) is 0 Å². The van der Waals surface area contributed by atoms with Crippen molar-refractivity contribution in [3.05, 3.63) is 0 Å². The van der Waals surface area contributed by atoms with Crippen LogP contribution in [0.25, 0.3) is 0 Å². The second kappa shape index (κ2) is 3.17. The van der Waals surface area contributed by atoms with Crippen molar-refractivity contribution in [2.24, 2.45) is 11.8 Å². The summed E-state index contributed by atoms with van der Waals surface area (Å²) in [5.74, 6) is 5.17. The summed E-state index contributed by atoms with van der Waals surface area (Å²) in [6, 6.07) is 0. The maximum atomic E-state index is 2.18. The highest BCUT2D eigenvalue weighted by atomic mass is 32.2. The summed E-state index contributed by atoms with van der Waals surface area (Å²) in [7, 11) is 0. The fourth-order valence-corrected chi connectivity index (χ4v) is 3.73. The highest BCUT2D eigenvalue weighted by Crippen LogP contribution is 2.38. The van der Waals surface area contributed by atoms with Gasteiger partial charge in [0.2, 0.25) is 0 Å². The van der Waals surface area contributed by atoms with Crippen molar-refractivity contribution >= 4 is 11.8 Å². The van der Waals surface area contributed by atoms with Crippen molar-refractivity contribution in [2.75, 3.05) is 11.5 Å². The lowest BCUT2D eigenvalue weighted by atomic mass is 9.79. The largest absolute Gasteiger partial charge is 0.162 e. The molecule has 10 heavy (non-hydrogen) atoms. The van der Waals surface area contributed by atoms with Crippen LogP contribution < -0.4 is 0 Å². The van der Waals surface area contributed by atoms with E-state index < -0.39 is 0 Å². The van der Waals surface area contributed by atoms with Gasteiger partial charge in [0.1, 0.15) is 0 Å². The van der Waals surface area contributed by atoms with E-state index in [9.17, 15) is 0 Å². The van der Waals surface area contributed by atoms with Crippen LogP contribution in [0.2, 0.25) is 0 Å². The summed E-state index contributed by atoms with van der Waals surface area (Å²) in [5, 5.41) is 0. The van der Waals surface area contributed by atoms with Gasteiger partial charge >= 0.3 is 0 Å². The minimum atomic E-state index is 1.12. The first-order valence-corrected chi connectivity index (χ1v) is 5.70. The molecule has 1 aliphatic carbocycles. The zero-order valence-electron chi connectivity index (χ0n) is 6.51. The first-order valence-electron chi connectivity index (χ1n) is 4.54. The highest BCUT2D eigenvalue weighted by Gasteiger charge is 2.27. The molecule has 2 atom stereocenters. The number of hydrogen-bond acceptors (Lipinski definition) is 1. The normalized spacial score (nSPS) is 40.8. The van der Waals surface area contributed by atoms with Gasteiger partial charge in [0.15, 0.2) is 0 Å². The second-order valence-corrected chi connectivity index (χ2v) is 4.82. The van der Waals surface area contributed by atoms with Crippen molar-refractivity contribution in [1.29, 1.82) is 0 Å². The molecule has 0 aromatic heterocycles. The highest BCUT2D eigenvalue weighted by molar-refractivity contribution is 7.99. The Kier molecular flexibility index (Phi) is 2.22. The van der Waals surface area contributed by atoms with Crippen LogP contribution in [0.15, 0.2) is 0 Å². The van der Waals surface area contributed by atoms with E-state index >= 15 is 0 Å². The first-order chi connectivity index (χ1) is 4.97. The molecule has 1 saturated carbocycles. The third-order valence-corrected chi connectivity index (χ3v) is 4.22. The lowest BCUT2D eigenvalue weighted by Crippen LogP contribution is -2.25. The Bertz CT molecular complexity index is 85.3. The van der Waals surface area contributed by atoms with Crippen molar-refractivity contribution < 1.29 is 0 Å². The van der Waals surface area contributed by atoms with Gasteiger partial charge < -0.3 is 0 Å². The van der Waals surface area contributed by atoms with Crippen LogP contribution in [0, 0.1) is 11.8 Å². The Morgan fingerprint density at radius 2 is 1.70 bits per heavy atom. The molecule has 0 unspecified atom stereocenters. The SMILES string of the molecule is C1CC[C@H]2CSCC[C@@H]2C1. The molecule has 0 aromatic carbocycles. The van der Waals surface area contributed by atoms with Crippen LogP contribution in [0.1, 0.15) is 32.1 Å². The third kappa shape index (κ3) is 1.34. The summed E-state index contributed by atoms with van der Waals surface area (Å²) < 4.78 is 0. The van der Waals surface area contributed by atoms with Gasteiger partial charge in [-0.25, -0.2) is 0 Å². The molecule has 2 rings (SSSR count). The van der Waals surface area contributed by atoms with E-state index in [1.807, 2.05) is 0 Å². The molecule has 58 valence electrons. The van der Waals surface area contributed by atoms with Crippen LogP contribution in [-0.4, -0.2) is 11.5 Å². The monoisotopic (exact) mass is 156 g/mol. The Hall–Kier alpha value is 0.350. The van der Waals surface area contributed by atoms with Crippen molar-refractivity contribution in [1.82, 2.24) is 0 Å². The molecular weight excluding hydrogens is 140 g/mol. The standard InChI is InChI=1S/C9H16S/c1-2-4-9-7-10-6-5-8(9)3-1/h8-9H,1-7H2/t8-,9-/m0/s1. The van der Waals surface area contributed by atoms with Gasteiger partial charge in [0.05, 0.1) is 0 Å². The minimum Gasteiger partial charge on any atom is -0.162 e. The maximum absolute atomic E-state index is 2.18. The predicted octanol–water partition coefficient (Wildman–Crippen LogP) is 2.93. The third-order valence-electron chi connectivity index (χ3n) is 3.03. The summed E-state index contributed by atoms with van der Waals surface area (Å²) in [6.07, 6.45) is 7.64. The van der Waals surface area contributed by atoms with Crippen LogP contribution in [0.3, 0.4) is 0 Å². The van der Waals surface area contributed by atoms with E-state index in [4.69, 9.17) is 0 Å². The van der Waals surface area contributed by atoms with Crippen LogP contribution in [-0.2, 0) is 0 Å². The Labute approximate surface area is 67.8 Å². The molecule has 1 saturated heterocycles. The topological polar surface area (TPSA) is 0 Å². The van der Waals surface area contributed by atoms with E-state index in [1.165, 1.54) is 37.2 Å². The fourth-order valence-electron chi connectivity index (χ4n) is 2.35. The molecule has 0 N–H and O–H groups in total. The molecule has 1 heterocycles. The van der Waals surface area contributed by atoms with Crippen LogP contribution >= 0.6 is 11.8 Å². The Morgan fingerprint density at radius 3 is 2.50 bits per heavy atom. The van der Waals surface area contributed by atoms with E-state index in [-0.39, 0.29) is 0 Å². The average molecular weight is 156 g/mol. The number of hydrogen-bond donors (Lipinski definition) is 0. The Morgan fingerprint density at radius 1 is 0.900 bits per heavy atom. The summed E-state index contributed by atoms with van der Waals surface area (Å²) >= 11 is 2.18. The average Bonchev–Trinajstić information content (AvgIpc) is 2.05. The van der Waals surface area contributed by atoms with Gasteiger partial charge in [0.25, 0.3) is 0 Å². The molecular formula is C9H16S. The predicted molar refractivity (Wildman–Crippen MR) is 47.4 cm³/mol. The molecule has 0 aromatic rings. The minimum absolute atomic E-state index is 1.12. The van der Waals surface area contributed by atoms with Gasteiger partial charge in [-0.3, -0.25) is 0 Å². The molecule has 2 aliphatic rings. The second-order valence-electron chi connectivity index (χ2n) is 3.67. The molecule has 0 spiro atoms. The van der Waals surface area contributed by atoms with Crippen molar-refractivity contribution in [3.63, 3.8) is 0 Å². The molecule has 0 nitrogen and oxygen atoms in total. The lowest BCUT2D eigenvalue weighted by molar-refractivity contribution is 0.249.